The lowest BCUT2D eigenvalue weighted by molar-refractivity contribution is -0.141. The van der Waals surface area contributed by atoms with E-state index >= 15 is 0 Å². The summed E-state index contributed by atoms with van der Waals surface area (Å²) in [5.41, 5.74) is 5.03. The van der Waals surface area contributed by atoms with Crippen LogP contribution in [0.3, 0.4) is 0 Å². The Morgan fingerprint density at radius 3 is 2.67 bits per heavy atom. The number of carbonyl (C=O) groups excluding carboxylic acids is 2. The Kier molecular flexibility index (Phi) is 9.37. The van der Waals surface area contributed by atoms with Gasteiger partial charge in [0, 0.05) is 66.9 Å². The Bertz CT molecular complexity index is 1420. The van der Waals surface area contributed by atoms with Gasteiger partial charge in [-0.05, 0) is 110 Å². The van der Waals surface area contributed by atoms with Crippen molar-refractivity contribution in [2.45, 2.75) is 71.1 Å². The summed E-state index contributed by atoms with van der Waals surface area (Å²) in [6.45, 7) is 12.1. The molecule has 2 fully saturated rings. The number of amides is 2. The summed E-state index contributed by atoms with van der Waals surface area (Å²) in [4.78, 5) is 41.4. The van der Waals surface area contributed by atoms with Crippen molar-refractivity contribution in [2.24, 2.45) is 5.92 Å². The molecule has 0 bridgehead atoms. The average molecular weight is 700 g/mol. The van der Waals surface area contributed by atoms with Gasteiger partial charge in [-0.1, -0.05) is 17.7 Å². The number of aryl methyl sites for hydroxylation is 2. The van der Waals surface area contributed by atoms with E-state index in [1.54, 1.807) is 4.90 Å². The number of allylic oxidation sites excluding steroid dienone is 1. The number of nitrogens with zero attached hydrogens (tertiary/aromatic N) is 5. The van der Waals surface area contributed by atoms with Crippen LogP contribution in [0, 0.1) is 5.92 Å². The number of pyridine rings is 1. The number of halogens is 2. The SMILES string of the molecule is CC1=CN(C[C@H]2CCCN(C(=O)[C@H]3CN(C4c5ccc(Cl)cc5CCc5cc(Br)cnc54)CCN3C(=O)OC(C)(C)C)C2)CN1. The van der Waals surface area contributed by atoms with E-state index < -0.39 is 17.7 Å². The highest BCUT2D eigenvalue weighted by Crippen LogP contribution is 2.39. The molecule has 11 heteroatoms. The van der Waals surface area contributed by atoms with Gasteiger partial charge < -0.3 is 19.9 Å². The normalized spacial score (nSPS) is 23.9. The van der Waals surface area contributed by atoms with Crippen LogP contribution in [0.4, 0.5) is 4.79 Å². The van der Waals surface area contributed by atoms with E-state index in [2.05, 4.69) is 62.4 Å². The van der Waals surface area contributed by atoms with Gasteiger partial charge in [-0.2, -0.15) is 0 Å². The molecule has 9 nitrogen and oxygen atoms in total. The van der Waals surface area contributed by atoms with E-state index in [-0.39, 0.29) is 11.9 Å². The highest BCUT2D eigenvalue weighted by Gasteiger charge is 2.43. The van der Waals surface area contributed by atoms with Crippen molar-refractivity contribution in [3.8, 4) is 0 Å². The number of benzene rings is 1. The predicted octanol–water partition coefficient (Wildman–Crippen LogP) is 5.57. The van der Waals surface area contributed by atoms with Crippen LogP contribution in [0.5, 0.6) is 0 Å². The molecule has 3 aliphatic heterocycles. The third kappa shape index (κ3) is 7.28. The molecule has 2 amide bonds. The molecule has 2 saturated heterocycles. The fourth-order valence-corrected chi connectivity index (χ4v) is 7.81. The molecule has 1 N–H and O–H groups in total. The minimum atomic E-state index is -0.666. The van der Waals surface area contributed by atoms with Gasteiger partial charge in [-0.3, -0.25) is 19.6 Å². The number of piperidine rings is 1. The third-order valence-corrected chi connectivity index (χ3v) is 9.91. The van der Waals surface area contributed by atoms with Crippen molar-refractivity contribution in [3.63, 3.8) is 0 Å². The van der Waals surface area contributed by atoms with E-state index in [1.807, 2.05) is 37.9 Å². The molecular formula is C34H44BrClN6O3. The van der Waals surface area contributed by atoms with Gasteiger partial charge in [-0.15, -0.1) is 0 Å². The van der Waals surface area contributed by atoms with Gasteiger partial charge in [0.05, 0.1) is 18.4 Å². The minimum Gasteiger partial charge on any atom is -0.444 e. The maximum atomic E-state index is 14.5. The smallest absolute Gasteiger partial charge is 0.411 e. The molecule has 0 saturated carbocycles. The lowest BCUT2D eigenvalue weighted by Gasteiger charge is -2.46. The molecular weight excluding hydrogens is 656 g/mol. The zero-order chi connectivity index (χ0) is 31.9. The quantitative estimate of drug-likeness (QED) is 0.447. The van der Waals surface area contributed by atoms with Crippen LogP contribution in [0.15, 0.2) is 46.8 Å². The van der Waals surface area contributed by atoms with Crippen molar-refractivity contribution in [1.29, 1.82) is 0 Å². The summed E-state index contributed by atoms with van der Waals surface area (Å²) in [6, 6.07) is 7.44. The number of hydrogen-bond acceptors (Lipinski definition) is 7. The standard InChI is InChI=1S/C34H44BrClN6O3/c1-22-17-39(21-38-22)18-23-6-5-11-41(19-23)32(43)29-20-40(12-13-42(29)33(44)45-34(2,3)4)31-28-10-9-27(36)15-24(28)7-8-25-14-26(35)16-37-30(25)31/h9-10,14-17,23,29,31,38H,5-8,11-13,18-21H2,1-4H3/t23-,29-,31?/m1/s1. The minimum absolute atomic E-state index is 0.00420. The van der Waals surface area contributed by atoms with Crippen molar-refractivity contribution in [3.05, 3.63) is 74.2 Å². The molecule has 4 aliphatic rings. The van der Waals surface area contributed by atoms with E-state index in [4.69, 9.17) is 21.3 Å². The van der Waals surface area contributed by atoms with Gasteiger partial charge in [0.25, 0.3) is 0 Å². The monoisotopic (exact) mass is 698 g/mol. The predicted molar refractivity (Wildman–Crippen MR) is 179 cm³/mol. The summed E-state index contributed by atoms with van der Waals surface area (Å²) >= 11 is 10.1. The number of ether oxygens (including phenoxy) is 1. The lowest BCUT2D eigenvalue weighted by atomic mass is 9.94. The van der Waals surface area contributed by atoms with Crippen LogP contribution in [0.25, 0.3) is 0 Å². The molecule has 45 heavy (non-hydrogen) atoms. The van der Waals surface area contributed by atoms with Gasteiger partial charge in [-0.25, -0.2) is 4.79 Å². The summed E-state index contributed by atoms with van der Waals surface area (Å²) in [5, 5.41) is 4.08. The highest BCUT2D eigenvalue weighted by atomic mass is 79.9. The van der Waals surface area contributed by atoms with Crippen LogP contribution in [0.2, 0.25) is 5.02 Å². The number of likely N-dealkylation sites (tertiary alicyclic amines) is 1. The van der Waals surface area contributed by atoms with Gasteiger partial charge in [0.1, 0.15) is 11.6 Å². The van der Waals surface area contributed by atoms with Crippen LogP contribution < -0.4 is 5.32 Å². The van der Waals surface area contributed by atoms with Crippen LogP contribution >= 0.6 is 27.5 Å². The summed E-state index contributed by atoms with van der Waals surface area (Å²) in [5.74, 6) is 0.366. The van der Waals surface area contributed by atoms with E-state index in [0.717, 1.165) is 54.6 Å². The van der Waals surface area contributed by atoms with Crippen LogP contribution in [0.1, 0.15) is 69.0 Å². The average Bonchev–Trinajstić information content (AvgIpc) is 3.33. The Morgan fingerprint density at radius 1 is 1.11 bits per heavy atom. The van der Waals surface area contributed by atoms with Crippen LogP contribution in [-0.2, 0) is 22.4 Å². The number of nitrogens with one attached hydrogen (secondary N) is 1. The molecule has 1 unspecified atom stereocenters. The maximum absolute atomic E-state index is 14.5. The summed E-state index contributed by atoms with van der Waals surface area (Å²) < 4.78 is 6.80. The van der Waals surface area contributed by atoms with Crippen molar-refractivity contribution < 1.29 is 14.3 Å². The zero-order valence-corrected chi connectivity index (χ0v) is 29.0. The topological polar surface area (TPSA) is 81.2 Å². The molecule has 1 aromatic carbocycles. The summed E-state index contributed by atoms with van der Waals surface area (Å²) in [6.07, 6.45) is 7.31. The molecule has 0 spiro atoms. The zero-order valence-electron chi connectivity index (χ0n) is 26.7. The molecule has 3 atom stereocenters. The first kappa shape index (κ1) is 32.1. The first-order chi connectivity index (χ1) is 21.4. The van der Waals surface area contributed by atoms with Crippen molar-refractivity contribution >= 4 is 39.5 Å². The third-order valence-electron chi connectivity index (χ3n) is 9.24. The Morgan fingerprint density at radius 2 is 1.91 bits per heavy atom. The highest BCUT2D eigenvalue weighted by molar-refractivity contribution is 9.10. The summed E-state index contributed by atoms with van der Waals surface area (Å²) in [7, 11) is 0. The molecule has 2 aromatic rings. The van der Waals surface area contributed by atoms with Gasteiger partial charge >= 0.3 is 6.09 Å². The second kappa shape index (κ2) is 13.1. The Hall–Kier alpha value is -2.82. The number of rotatable bonds is 4. The molecule has 4 heterocycles. The Balaban J connectivity index is 1.30. The van der Waals surface area contributed by atoms with Gasteiger partial charge in [0.2, 0.25) is 5.91 Å². The number of aromatic nitrogens is 1. The van der Waals surface area contributed by atoms with E-state index in [0.29, 0.717) is 43.7 Å². The Labute approximate surface area is 280 Å². The molecule has 0 radical (unpaired) electrons. The van der Waals surface area contributed by atoms with E-state index in [1.165, 1.54) is 16.8 Å². The van der Waals surface area contributed by atoms with Crippen molar-refractivity contribution in [2.75, 3.05) is 45.9 Å². The van der Waals surface area contributed by atoms with Crippen LogP contribution in [-0.4, -0.2) is 94.2 Å². The van der Waals surface area contributed by atoms with Crippen molar-refractivity contribution in [1.82, 2.24) is 29.9 Å². The first-order valence-electron chi connectivity index (χ1n) is 16.1. The first-order valence-corrected chi connectivity index (χ1v) is 17.2. The van der Waals surface area contributed by atoms with E-state index in [9.17, 15) is 9.59 Å². The molecule has 242 valence electrons. The molecule has 1 aromatic heterocycles. The van der Waals surface area contributed by atoms with Gasteiger partial charge in [0.15, 0.2) is 0 Å². The number of fused-ring (bicyclic) bond motifs is 2. The fourth-order valence-electron chi connectivity index (χ4n) is 7.24. The number of hydrogen-bond donors (Lipinski definition) is 1. The molecule has 1 aliphatic carbocycles. The second-order valence-electron chi connectivity index (χ2n) is 13.8. The number of piperazine rings is 1. The lowest BCUT2D eigenvalue weighted by Crippen LogP contribution is -2.63. The number of carbonyl (C=O) groups is 2. The largest absolute Gasteiger partial charge is 0.444 e. The second-order valence-corrected chi connectivity index (χ2v) is 15.2. The molecule has 6 rings (SSSR count). The fraction of sp³-hybridized carbons (Fsp3) is 0.559. The maximum Gasteiger partial charge on any atom is 0.411 e.